The van der Waals surface area contributed by atoms with Crippen LogP contribution in [0.2, 0.25) is 0 Å². The van der Waals surface area contributed by atoms with Gasteiger partial charge in [-0.3, -0.25) is 4.79 Å². The van der Waals surface area contributed by atoms with Crippen LogP contribution in [0.3, 0.4) is 0 Å². The lowest BCUT2D eigenvalue weighted by atomic mass is 10.2. The summed E-state index contributed by atoms with van der Waals surface area (Å²) >= 11 is 0. The van der Waals surface area contributed by atoms with Gasteiger partial charge in [-0.25, -0.2) is 4.79 Å². The number of ether oxygens (including phenoxy) is 2. The number of pyridine rings is 1. The minimum absolute atomic E-state index is 0.0911. The molecule has 0 saturated heterocycles. The Hall–Kier alpha value is -2.76. The normalized spacial score (nSPS) is 10.2. The van der Waals surface area contributed by atoms with Crippen LogP contribution >= 0.6 is 0 Å². The van der Waals surface area contributed by atoms with Gasteiger partial charge in [0.15, 0.2) is 5.75 Å². The van der Waals surface area contributed by atoms with Crippen molar-refractivity contribution < 1.29 is 19.4 Å². The number of para-hydroxylation sites is 1. The minimum atomic E-state index is -1.16. The summed E-state index contributed by atoms with van der Waals surface area (Å²) in [5.74, 6) is -0.407. The van der Waals surface area contributed by atoms with Crippen molar-refractivity contribution in [3.8, 4) is 11.5 Å². The Balaban J connectivity index is 2.23. The van der Waals surface area contributed by atoms with Crippen LogP contribution in [-0.4, -0.2) is 22.8 Å². The van der Waals surface area contributed by atoms with Gasteiger partial charge in [0.05, 0.1) is 13.3 Å². The molecule has 0 aliphatic heterocycles. The summed E-state index contributed by atoms with van der Waals surface area (Å²) < 4.78 is 12.0. The molecule has 1 aromatic carbocycles. The van der Waals surface area contributed by atoms with Gasteiger partial charge < -0.3 is 19.1 Å². The molecule has 1 heterocycles. The van der Waals surface area contributed by atoms with Crippen molar-refractivity contribution in [2.45, 2.75) is 6.61 Å². The third-order valence-electron chi connectivity index (χ3n) is 3.00. The lowest BCUT2D eigenvalue weighted by molar-refractivity contribution is 0.0685. The van der Waals surface area contributed by atoms with Crippen molar-refractivity contribution in [2.24, 2.45) is 7.05 Å². The number of hydrogen-bond donors (Lipinski definition) is 1. The van der Waals surface area contributed by atoms with Gasteiger partial charge in [-0.2, -0.15) is 0 Å². The molecule has 1 aromatic heterocycles. The molecule has 0 fully saturated rings. The number of aromatic nitrogens is 1. The largest absolute Gasteiger partial charge is 0.496 e. The van der Waals surface area contributed by atoms with Crippen molar-refractivity contribution in [2.75, 3.05) is 7.11 Å². The fraction of sp³-hybridized carbons (Fsp3) is 0.200. The molecule has 110 valence electrons. The van der Waals surface area contributed by atoms with E-state index in [2.05, 4.69) is 0 Å². The van der Waals surface area contributed by atoms with Gasteiger partial charge in [0.25, 0.3) is 0 Å². The Bertz CT molecular complexity index is 720. The van der Waals surface area contributed by atoms with Crippen LogP contribution in [-0.2, 0) is 13.7 Å². The van der Waals surface area contributed by atoms with E-state index >= 15 is 0 Å². The smallest absolute Gasteiger partial charge is 0.352 e. The SMILES string of the molecule is COc1ccccc1COc1cn(C)c(C(=O)O)cc1=O. The number of methoxy groups -OCH3 is 1. The molecule has 1 N–H and O–H groups in total. The average molecular weight is 289 g/mol. The summed E-state index contributed by atoms with van der Waals surface area (Å²) in [5.41, 5.74) is 0.231. The third-order valence-corrected chi connectivity index (χ3v) is 3.00. The summed E-state index contributed by atoms with van der Waals surface area (Å²) in [6.45, 7) is 0.158. The van der Waals surface area contributed by atoms with E-state index in [-0.39, 0.29) is 18.1 Å². The van der Waals surface area contributed by atoms with E-state index in [0.717, 1.165) is 11.6 Å². The Labute approximate surface area is 121 Å². The number of carboxylic acid groups (broad SMARTS) is 1. The van der Waals surface area contributed by atoms with E-state index in [9.17, 15) is 9.59 Å². The monoisotopic (exact) mass is 289 g/mol. The number of rotatable bonds is 5. The highest BCUT2D eigenvalue weighted by Crippen LogP contribution is 2.19. The molecule has 0 aliphatic rings. The van der Waals surface area contributed by atoms with E-state index in [1.165, 1.54) is 10.8 Å². The molecule has 21 heavy (non-hydrogen) atoms. The highest BCUT2D eigenvalue weighted by Gasteiger charge is 2.11. The number of hydrogen-bond acceptors (Lipinski definition) is 4. The molecule has 2 rings (SSSR count). The molecule has 0 saturated carbocycles. The first-order valence-electron chi connectivity index (χ1n) is 6.21. The second-order valence-electron chi connectivity index (χ2n) is 4.40. The van der Waals surface area contributed by atoms with Crippen LogP contribution in [0.4, 0.5) is 0 Å². The first kappa shape index (κ1) is 14.6. The second kappa shape index (κ2) is 6.13. The predicted octanol–water partition coefficient (Wildman–Crippen LogP) is 1.67. The third kappa shape index (κ3) is 3.22. The van der Waals surface area contributed by atoms with E-state index in [4.69, 9.17) is 14.6 Å². The Morgan fingerprint density at radius 1 is 1.29 bits per heavy atom. The van der Waals surface area contributed by atoms with Crippen molar-refractivity contribution in [3.05, 3.63) is 58.0 Å². The standard InChI is InChI=1S/C15H15NO5/c1-16-8-14(12(17)7-11(16)15(18)19)21-9-10-5-3-4-6-13(10)20-2/h3-8H,9H2,1-2H3,(H,18,19). The minimum Gasteiger partial charge on any atom is -0.496 e. The van der Waals surface area contributed by atoms with Gasteiger partial charge in [0, 0.05) is 18.7 Å². The number of carbonyl (C=O) groups is 1. The van der Waals surface area contributed by atoms with Crippen molar-refractivity contribution >= 4 is 5.97 Å². The van der Waals surface area contributed by atoms with E-state index in [1.54, 1.807) is 20.2 Å². The quantitative estimate of drug-likeness (QED) is 0.906. The number of aromatic carboxylic acids is 1. The fourth-order valence-electron chi connectivity index (χ4n) is 1.90. The van der Waals surface area contributed by atoms with Crippen LogP contribution in [0, 0.1) is 0 Å². The second-order valence-corrected chi connectivity index (χ2v) is 4.40. The van der Waals surface area contributed by atoms with Crippen molar-refractivity contribution in [3.63, 3.8) is 0 Å². The van der Waals surface area contributed by atoms with Gasteiger partial charge in [-0.1, -0.05) is 18.2 Å². The first-order valence-corrected chi connectivity index (χ1v) is 6.21. The molecule has 6 heteroatoms. The molecule has 0 bridgehead atoms. The number of benzene rings is 1. The topological polar surface area (TPSA) is 77.8 Å². The maximum Gasteiger partial charge on any atom is 0.352 e. The molecule has 6 nitrogen and oxygen atoms in total. The van der Waals surface area contributed by atoms with Gasteiger partial charge in [-0.15, -0.1) is 0 Å². The number of carboxylic acids is 1. The molecular formula is C15H15NO5. The van der Waals surface area contributed by atoms with E-state index in [1.807, 2.05) is 18.2 Å². The Morgan fingerprint density at radius 3 is 2.67 bits per heavy atom. The zero-order valence-corrected chi connectivity index (χ0v) is 11.7. The lowest BCUT2D eigenvalue weighted by Gasteiger charge is -2.11. The van der Waals surface area contributed by atoms with Crippen molar-refractivity contribution in [1.29, 1.82) is 0 Å². The van der Waals surface area contributed by atoms with Gasteiger partial charge >= 0.3 is 5.97 Å². The van der Waals surface area contributed by atoms with E-state index in [0.29, 0.717) is 5.75 Å². The number of nitrogens with zero attached hydrogens (tertiary/aromatic N) is 1. The first-order chi connectivity index (χ1) is 10.0. The van der Waals surface area contributed by atoms with E-state index < -0.39 is 11.4 Å². The van der Waals surface area contributed by atoms with Crippen LogP contribution in [0.1, 0.15) is 16.1 Å². The Kier molecular flexibility index (Phi) is 4.27. The highest BCUT2D eigenvalue weighted by molar-refractivity contribution is 5.85. The zero-order valence-electron chi connectivity index (χ0n) is 11.7. The number of aryl methyl sites for hydroxylation is 1. The average Bonchev–Trinajstić information content (AvgIpc) is 2.47. The molecule has 2 aromatic rings. The molecule has 0 atom stereocenters. The molecular weight excluding hydrogens is 274 g/mol. The molecule has 0 amide bonds. The molecule has 0 spiro atoms. The maximum atomic E-state index is 11.8. The van der Waals surface area contributed by atoms with Crippen molar-refractivity contribution in [1.82, 2.24) is 4.57 Å². The summed E-state index contributed by atoms with van der Waals surface area (Å²) in [4.78, 5) is 22.8. The Morgan fingerprint density at radius 2 is 2.00 bits per heavy atom. The summed E-state index contributed by atoms with van der Waals surface area (Å²) in [6, 6.07) is 8.34. The summed E-state index contributed by atoms with van der Waals surface area (Å²) in [5, 5.41) is 8.94. The molecule has 0 radical (unpaired) electrons. The van der Waals surface area contributed by atoms with Gasteiger partial charge in [0.1, 0.15) is 18.1 Å². The van der Waals surface area contributed by atoms with Gasteiger partial charge in [0.2, 0.25) is 5.43 Å². The highest BCUT2D eigenvalue weighted by atomic mass is 16.5. The predicted molar refractivity (Wildman–Crippen MR) is 76.0 cm³/mol. The zero-order chi connectivity index (χ0) is 15.4. The summed E-state index contributed by atoms with van der Waals surface area (Å²) in [6.07, 6.45) is 1.36. The molecule has 0 unspecified atom stereocenters. The van der Waals surface area contributed by atoms with Crippen LogP contribution in [0.15, 0.2) is 41.3 Å². The van der Waals surface area contributed by atoms with Crippen LogP contribution in [0.25, 0.3) is 0 Å². The van der Waals surface area contributed by atoms with Crippen LogP contribution < -0.4 is 14.9 Å². The maximum absolute atomic E-state index is 11.8. The summed E-state index contributed by atoms with van der Waals surface area (Å²) in [7, 11) is 3.10. The fourth-order valence-corrected chi connectivity index (χ4v) is 1.90. The van der Waals surface area contributed by atoms with Crippen LogP contribution in [0.5, 0.6) is 11.5 Å². The van der Waals surface area contributed by atoms with Gasteiger partial charge in [-0.05, 0) is 6.07 Å². The molecule has 0 aliphatic carbocycles. The lowest BCUT2D eigenvalue weighted by Crippen LogP contribution is -2.16.